The van der Waals surface area contributed by atoms with Crippen LogP contribution in [0.25, 0.3) is 0 Å². The number of carboxylic acids is 1. The van der Waals surface area contributed by atoms with Crippen molar-refractivity contribution in [3.05, 3.63) is 23.2 Å². The van der Waals surface area contributed by atoms with Gasteiger partial charge in [0, 0.05) is 37.8 Å². The van der Waals surface area contributed by atoms with Crippen molar-refractivity contribution in [1.82, 2.24) is 9.80 Å². The standard InChI is InChI=1S/C15H22N2O4/c1-11-8-13(21-14(11)15(18)19)10-16-3-2-12(9-16)17-4-6-20-7-5-17/h8,12H,2-7,9-10H2,1H3,(H,18,19). The van der Waals surface area contributed by atoms with Crippen molar-refractivity contribution in [2.24, 2.45) is 0 Å². The van der Waals surface area contributed by atoms with Gasteiger partial charge in [-0.1, -0.05) is 0 Å². The van der Waals surface area contributed by atoms with E-state index in [4.69, 9.17) is 14.3 Å². The number of aryl methyl sites for hydroxylation is 1. The van der Waals surface area contributed by atoms with Crippen LogP contribution in [-0.2, 0) is 11.3 Å². The Hall–Kier alpha value is -1.37. The molecule has 1 aromatic heterocycles. The minimum Gasteiger partial charge on any atom is -0.475 e. The molecule has 21 heavy (non-hydrogen) atoms. The lowest BCUT2D eigenvalue weighted by Gasteiger charge is -2.32. The molecule has 6 nitrogen and oxygen atoms in total. The van der Waals surface area contributed by atoms with E-state index >= 15 is 0 Å². The molecule has 1 unspecified atom stereocenters. The van der Waals surface area contributed by atoms with Gasteiger partial charge in [0.25, 0.3) is 0 Å². The Morgan fingerprint density at radius 2 is 2.14 bits per heavy atom. The Kier molecular flexibility index (Phi) is 4.28. The van der Waals surface area contributed by atoms with Crippen molar-refractivity contribution in [2.75, 3.05) is 39.4 Å². The third-order valence-electron chi connectivity index (χ3n) is 4.35. The van der Waals surface area contributed by atoms with Gasteiger partial charge in [0.05, 0.1) is 19.8 Å². The number of morpholine rings is 1. The van der Waals surface area contributed by atoms with E-state index in [2.05, 4.69) is 9.80 Å². The Labute approximate surface area is 124 Å². The highest BCUT2D eigenvalue weighted by atomic mass is 16.5. The molecule has 0 radical (unpaired) electrons. The molecular weight excluding hydrogens is 272 g/mol. The van der Waals surface area contributed by atoms with Crippen molar-refractivity contribution in [1.29, 1.82) is 0 Å². The van der Waals surface area contributed by atoms with E-state index in [0.29, 0.717) is 18.2 Å². The minimum absolute atomic E-state index is 0.0638. The van der Waals surface area contributed by atoms with Crippen LogP contribution in [0.15, 0.2) is 10.5 Å². The molecule has 1 N–H and O–H groups in total. The number of aromatic carboxylic acids is 1. The average molecular weight is 294 g/mol. The van der Waals surface area contributed by atoms with Gasteiger partial charge in [0.1, 0.15) is 5.76 Å². The van der Waals surface area contributed by atoms with Crippen LogP contribution in [0.1, 0.15) is 28.3 Å². The molecule has 0 aliphatic carbocycles. The second kappa shape index (κ2) is 6.17. The highest BCUT2D eigenvalue weighted by Crippen LogP contribution is 2.21. The molecule has 0 amide bonds. The maximum Gasteiger partial charge on any atom is 0.372 e. The molecule has 116 valence electrons. The number of nitrogens with zero attached hydrogens (tertiary/aromatic N) is 2. The van der Waals surface area contributed by atoms with Gasteiger partial charge in [-0.3, -0.25) is 9.80 Å². The Morgan fingerprint density at radius 1 is 1.38 bits per heavy atom. The van der Waals surface area contributed by atoms with Gasteiger partial charge < -0.3 is 14.3 Å². The summed E-state index contributed by atoms with van der Waals surface area (Å²) in [6.45, 7) is 8.20. The van der Waals surface area contributed by atoms with Crippen LogP contribution in [0.5, 0.6) is 0 Å². The van der Waals surface area contributed by atoms with E-state index in [-0.39, 0.29) is 5.76 Å². The number of rotatable bonds is 4. The van der Waals surface area contributed by atoms with Crippen LogP contribution >= 0.6 is 0 Å². The minimum atomic E-state index is -0.994. The number of furan rings is 1. The zero-order valence-electron chi connectivity index (χ0n) is 12.4. The fourth-order valence-corrected chi connectivity index (χ4v) is 3.26. The van der Waals surface area contributed by atoms with Crippen LogP contribution < -0.4 is 0 Å². The van der Waals surface area contributed by atoms with Crippen molar-refractivity contribution in [2.45, 2.75) is 25.9 Å². The van der Waals surface area contributed by atoms with Crippen molar-refractivity contribution >= 4 is 5.97 Å². The molecule has 3 rings (SSSR count). The van der Waals surface area contributed by atoms with Crippen molar-refractivity contribution < 1.29 is 19.1 Å². The SMILES string of the molecule is Cc1cc(CN2CCC(N3CCOCC3)C2)oc1C(=O)O. The van der Waals surface area contributed by atoms with E-state index < -0.39 is 5.97 Å². The van der Waals surface area contributed by atoms with Crippen LogP contribution in [0.2, 0.25) is 0 Å². The van der Waals surface area contributed by atoms with Crippen LogP contribution in [0, 0.1) is 6.92 Å². The van der Waals surface area contributed by atoms with Gasteiger partial charge in [-0.25, -0.2) is 4.79 Å². The lowest BCUT2D eigenvalue weighted by atomic mass is 10.2. The summed E-state index contributed by atoms with van der Waals surface area (Å²) in [5.74, 6) is -0.187. The predicted molar refractivity (Wildman–Crippen MR) is 76.5 cm³/mol. The van der Waals surface area contributed by atoms with E-state index in [0.717, 1.165) is 51.6 Å². The molecule has 1 atom stereocenters. The quantitative estimate of drug-likeness (QED) is 0.900. The van der Waals surface area contributed by atoms with Gasteiger partial charge >= 0.3 is 5.97 Å². The van der Waals surface area contributed by atoms with Gasteiger partial charge in [-0.05, 0) is 19.4 Å². The van der Waals surface area contributed by atoms with Gasteiger partial charge in [-0.15, -0.1) is 0 Å². The predicted octanol–water partition coefficient (Wildman–Crippen LogP) is 1.19. The fraction of sp³-hybridized carbons (Fsp3) is 0.667. The molecule has 2 aliphatic heterocycles. The molecule has 0 bridgehead atoms. The summed E-state index contributed by atoms with van der Waals surface area (Å²) in [6.07, 6.45) is 1.16. The number of hydrogen-bond donors (Lipinski definition) is 1. The summed E-state index contributed by atoms with van der Waals surface area (Å²) in [5.41, 5.74) is 0.696. The maximum atomic E-state index is 11.0. The third kappa shape index (κ3) is 3.28. The van der Waals surface area contributed by atoms with Gasteiger partial charge in [0.2, 0.25) is 5.76 Å². The zero-order valence-corrected chi connectivity index (χ0v) is 12.4. The summed E-state index contributed by atoms with van der Waals surface area (Å²) in [5, 5.41) is 9.03. The van der Waals surface area contributed by atoms with Gasteiger partial charge in [0.15, 0.2) is 0 Å². The Balaban J connectivity index is 1.57. The zero-order chi connectivity index (χ0) is 14.8. The molecule has 0 saturated carbocycles. The number of likely N-dealkylation sites (tertiary alicyclic amines) is 1. The Bertz CT molecular complexity index is 508. The van der Waals surface area contributed by atoms with Crippen LogP contribution in [0.3, 0.4) is 0 Å². The van der Waals surface area contributed by atoms with E-state index in [9.17, 15) is 4.79 Å². The lowest BCUT2D eigenvalue weighted by molar-refractivity contribution is 0.0182. The van der Waals surface area contributed by atoms with Crippen molar-refractivity contribution in [3.63, 3.8) is 0 Å². The third-order valence-corrected chi connectivity index (χ3v) is 4.35. The smallest absolute Gasteiger partial charge is 0.372 e. The largest absolute Gasteiger partial charge is 0.475 e. The average Bonchev–Trinajstić information content (AvgIpc) is 3.07. The summed E-state index contributed by atoms with van der Waals surface area (Å²) in [6, 6.07) is 2.43. The summed E-state index contributed by atoms with van der Waals surface area (Å²) in [7, 11) is 0. The molecule has 0 aromatic carbocycles. The van der Waals surface area contributed by atoms with E-state index in [1.54, 1.807) is 6.92 Å². The van der Waals surface area contributed by atoms with Gasteiger partial charge in [-0.2, -0.15) is 0 Å². The first-order valence-corrected chi connectivity index (χ1v) is 7.50. The monoisotopic (exact) mass is 294 g/mol. The number of hydrogen-bond acceptors (Lipinski definition) is 5. The first kappa shape index (κ1) is 14.6. The first-order chi connectivity index (χ1) is 10.1. The Morgan fingerprint density at radius 3 is 2.81 bits per heavy atom. The van der Waals surface area contributed by atoms with Crippen molar-refractivity contribution in [3.8, 4) is 0 Å². The molecular formula is C15H22N2O4. The maximum absolute atomic E-state index is 11.0. The second-order valence-electron chi connectivity index (χ2n) is 5.86. The molecule has 2 fully saturated rings. The highest BCUT2D eigenvalue weighted by molar-refractivity contribution is 5.86. The normalized spacial score (nSPS) is 24.5. The summed E-state index contributed by atoms with van der Waals surface area (Å²) < 4.78 is 10.8. The molecule has 3 heterocycles. The molecule has 1 aromatic rings. The van der Waals surface area contributed by atoms with Crippen LogP contribution in [-0.4, -0.2) is 66.3 Å². The molecule has 2 aliphatic rings. The summed E-state index contributed by atoms with van der Waals surface area (Å²) >= 11 is 0. The van der Waals surface area contributed by atoms with E-state index in [1.165, 1.54) is 0 Å². The topological polar surface area (TPSA) is 66.2 Å². The molecule has 0 spiro atoms. The molecule has 2 saturated heterocycles. The number of ether oxygens (including phenoxy) is 1. The second-order valence-corrected chi connectivity index (χ2v) is 5.86. The summed E-state index contributed by atoms with van der Waals surface area (Å²) in [4.78, 5) is 15.8. The number of carboxylic acid groups (broad SMARTS) is 1. The van der Waals surface area contributed by atoms with Crippen LogP contribution in [0.4, 0.5) is 0 Å². The fourth-order valence-electron chi connectivity index (χ4n) is 3.26. The number of carbonyl (C=O) groups is 1. The lowest BCUT2D eigenvalue weighted by Crippen LogP contribution is -2.44. The molecule has 6 heteroatoms. The first-order valence-electron chi connectivity index (χ1n) is 7.50. The highest BCUT2D eigenvalue weighted by Gasteiger charge is 2.29. The van der Waals surface area contributed by atoms with E-state index in [1.807, 2.05) is 6.07 Å².